The molecule has 1 aromatic rings. The number of carbonyl (C=O) groups excluding carboxylic acids is 1. The first-order chi connectivity index (χ1) is 11.5. The van der Waals surface area contributed by atoms with Crippen LogP contribution in [0.25, 0.3) is 0 Å². The van der Waals surface area contributed by atoms with Crippen LogP contribution in [-0.2, 0) is 11.3 Å². The molecule has 7 nitrogen and oxygen atoms in total. The van der Waals surface area contributed by atoms with E-state index in [1.54, 1.807) is 6.07 Å². The molecule has 1 aliphatic heterocycles. The van der Waals surface area contributed by atoms with Crippen molar-refractivity contribution in [1.82, 2.24) is 15.1 Å². The number of carbonyl (C=O) groups is 1. The third kappa shape index (κ3) is 5.43. The molecule has 132 valence electrons. The zero-order valence-corrected chi connectivity index (χ0v) is 14.6. The summed E-state index contributed by atoms with van der Waals surface area (Å²) in [5, 5.41) is 14.0. The average molecular weight is 355 g/mol. The van der Waals surface area contributed by atoms with Crippen molar-refractivity contribution in [2.24, 2.45) is 0 Å². The summed E-state index contributed by atoms with van der Waals surface area (Å²) in [6.45, 7) is 7.11. The van der Waals surface area contributed by atoms with E-state index in [-0.39, 0.29) is 16.6 Å². The Kier molecular flexibility index (Phi) is 6.96. The van der Waals surface area contributed by atoms with E-state index in [2.05, 4.69) is 15.1 Å². The summed E-state index contributed by atoms with van der Waals surface area (Å²) in [5.74, 6) is 0.0682. The van der Waals surface area contributed by atoms with Crippen LogP contribution in [0.2, 0.25) is 5.02 Å². The van der Waals surface area contributed by atoms with Crippen molar-refractivity contribution < 1.29 is 9.72 Å². The minimum absolute atomic E-state index is 0.0552. The molecule has 1 saturated heterocycles. The van der Waals surface area contributed by atoms with Gasteiger partial charge in [-0.15, -0.1) is 0 Å². The molecule has 0 radical (unpaired) electrons. The maximum atomic E-state index is 11.7. The van der Waals surface area contributed by atoms with Crippen molar-refractivity contribution in [3.8, 4) is 0 Å². The predicted octanol–water partition coefficient (Wildman–Crippen LogP) is 1.89. The Labute approximate surface area is 146 Å². The lowest BCUT2D eigenvalue weighted by Gasteiger charge is -2.34. The molecular formula is C16H23ClN4O3. The van der Waals surface area contributed by atoms with Crippen LogP contribution in [0.15, 0.2) is 18.2 Å². The first-order valence-electron chi connectivity index (χ1n) is 8.14. The van der Waals surface area contributed by atoms with E-state index >= 15 is 0 Å². The first-order valence-corrected chi connectivity index (χ1v) is 8.51. The van der Waals surface area contributed by atoms with Gasteiger partial charge in [-0.05, 0) is 18.1 Å². The minimum Gasteiger partial charge on any atom is -0.355 e. The van der Waals surface area contributed by atoms with Crippen LogP contribution in [-0.4, -0.2) is 59.9 Å². The lowest BCUT2D eigenvalue weighted by molar-refractivity contribution is -0.384. The maximum absolute atomic E-state index is 11.7. The quantitative estimate of drug-likeness (QED) is 0.597. The van der Waals surface area contributed by atoms with Gasteiger partial charge in [0.1, 0.15) is 5.02 Å². The molecule has 0 aromatic heterocycles. The van der Waals surface area contributed by atoms with E-state index in [1.807, 2.05) is 13.0 Å². The summed E-state index contributed by atoms with van der Waals surface area (Å²) >= 11 is 5.84. The van der Waals surface area contributed by atoms with Gasteiger partial charge < -0.3 is 5.32 Å². The predicted molar refractivity (Wildman–Crippen MR) is 93.1 cm³/mol. The summed E-state index contributed by atoms with van der Waals surface area (Å²) in [7, 11) is 0. The second-order valence-corrected chi connectivity index (χ2v) is 6.35. The van der Waals surface area contributed by atoms with Gasteiger partial charge in [0.2, 0.25) is 5.91 Å². The first kappa shape index (κ1) is 18.6. The topological polar surface area (TPSA) is 78.7 Å². The van der Waals surface area contributed by atoms with Gasteiger partial charge in [0.25, 0.3) is 5.69 Å². The molecule has 1 N–H and O–H groups in total. The highest BCUT2D eigenvalue weighted by Gasteiger charge is 2.20. The molecule has 1 aliphatic rings. The fourth-order valence-corrected chi connectivity index (χ4v) is 2.87. The van der Waals surface area contributed by atoms with Crippen LogP contribution in [0.1, 0.15) is 18.9 Å². The second kappa shape index (κ2) is 8.96. The monoisotopic (exact) mass is 354 g/mol. The molecule has 0 aliphatic carbocycles. The Hall–Kier alpha value is -1.70. The SMILES string of the molecule is CCCNC(=O)CN1CCN(Cc2ccc(Cl)c([N+](=O)[O-])c2)CC1. The lowest BCUT2D eigenvalue weighted by Crippen LogP contribution is -2.49. The van der Waals surface area contributed by atoms with Gasteiger partial charge in [-0.2, -0.15) is 0 Å². The second-order valence-electron chi connectivity index (χ2n) is 5.95. The van der Waals surface area contributed by atoms with Gasteiger partial charge in [-0.3, -0.25) is 24.7 Å². The zero-order chi connectivity index (χ0) is 17.5. The average Bonchev–Trinajstić information content (AvgIpc) is 2.56. The summed E-state index contributed by atoms with van der Waals surface area (Å²) in [6.07, 6.45) is 0.937. The van der Waals surface area contributed by atoms with Crippen LogP contribution < -0.4 is 5.32 Å². The molecule has 1 amide bonds. The minimum atomic E-state index is -0.460. The molecule has 0 unspecified atom stereocenters. The van der Waals surface area contributed by atoms with Gasteiger partial charge in [-0.25, -0.2) is 0 Å². The van der Waals surface area contributed by atoms with Crippen LogP contribution in [0.5, 0.6) is 0 Å². The van der Waals surface area contributed by atoms with E-state index in [9.17, 15) is 14.9 Å². The summed E-state index contributed by atoms with van der Waals surface area (Å²) < 4.78 is 0. The summed E-state index contributed by atoms with van der Waals surface area (Å²) in [6, 6.07) is 4.93. The molecule has 0 atom stereocenters. The van der Waals surface area contributed by atoms with E-state index in [1.165, 1.54) is 6.07 Å². The fraction of sp³-hybridized carbons (Fsp3) is 0.562. The third-order valence-corrected chi connectivity index (χ3v) is 4.34. The summed E-state index contributed by atoms with van der Waals surface area (Å²) in [5.41, 5.74) is 0.820. The van der Waals surface area contributed by atoms with Gasteiger partial charge in [0.15, 0.2) is 0 Å². The molecule has 0 spiro atoms. The molecule has 1 heterocycles. The molecule has 0 saturated carbocycles. The highest BCUT2D eigenvalue weighted by Crippen LogP contribution is 2.25. The molecular weight excluding hydrogens is 332 g/mol. The van der Waals surface area contributed by atoms with Crippen molar-refractivity contribution in [2.75, 3.05) is 39.3 Å². The number of hydrogen-bond donors (Lipinski definition) is 1. The number of nitro groups is 1. The normalized spacial score (nSPS) is 16.1. The van der Waals surface area contributed by atoms with Crippen molar-refractivity contribution in [1.29, 1.82) is 0 Å². The largest absolute Gasteiger partial charge is 0.355 e. The molecule has 2 rings (SSSR count). The van der Waals surface area contributed by atoms with Crippen molar-refractivity contribution in [3.63, 3.8) is 0 Å². The van der Waals surface area contributed by atoms with E-state index in [0.29, 0.717) is 19.6 Å². The van der Waals surface area contributed by atoms with Crippen LogP contribution in [0.4, 0.5) is 5.69 Å². The smallest absolute Gasteiger partial charge is 0.288 e. The number of nitro benzene ring substituents is 1. The fourth-order valence-electron chi connectivity index (χ4n) is 2.68. The molecule has 24 heavy (non-hydrogen) atoms. The zero-order valence-electron chi connectivity index (χ0n) is 13.8. The number of rotatable bonds is 7. The van der Waals surface area contributed by atoms with Gasteiger partial charge >= 0.3 is 0 Å². The number of halogens is 1. The lowest BCUT2D eigenvalue weighted by atomic mass is 10.1. The Balaban J connectivity index is 1.82. The van der Waals surface area contributed by atoms with E-state index in [0.717, 1.165) is 38.2 Å². The Morgan fingerprint density at radius 2 is 1.96 bits per heavy atom. The summed E-state index contributed by atoms with van der Waals surface area (Å²) in [4.78, 5) is 26.6. The standard InChI is InChI=1S/C16H23ClN4O3/c1-2-5-18-16(22)12-20-8-6-19(7-9-20)11-13-3-4-14(17)15(10-13)21(23)24/h3-4,10H,2,5-9,11-12H2,1H3,(H,18,22). The number of benzene rings is 1. The number of hydrogen-bond acceptors (Lipinski definition) is 5. The number of nitrogens with one attached hydrogen (secondary N) is 1. The van der Waals surface area contributed by atoms with Gasteiger partial charge in [-0.1, -0.05) is 24.6 Å². The van der Waals surface area contributed by atoms with Crippen molar-refractivity contribution in [2.45, 2.75) is 19.9 Å². The van der Waals surface area contributed by atoms with Crippen LogP contribution in [0.3, 0.4) is 0 Å². The van der Waals surface area contributed by atoms with Crippen LogP contribution in [0, 0.1) is 10.1 Å². The van der Waals surface area contributed by atoms with Gasteiger partial charge in [0, 0.05) is 45.3 Å². The van der Waals surface area contributed by atoms with Crippen molar-refractivity contribution in [3.05, 3.63) is 38.9 Å². The molecule has 1 aromatic carbocycles. The van der Waals surface area contributed by atoms with E-state index < -0.39 is 4.92 Å². The van der Waals surface area contributed by atoms with Crippen molar-refractivity contribution >= 4 is 23.2 Å². The highest BCUT2D eigenvalue weighted by molar-refractivity contribution is 6.32. The maximum Gasteiger partial charge on any atom is 0.288 e. The molecule has 8 heteroatoms. The van der Waals surface area contributed by atoms with Crippen LogP contribution >= 0.6 is 11.6 Å². The Morgan fingerprint density at radius 3 is 2.58 bits per heavy atom. The van der Waals surface area contributed by atoms with E-state index in [4.69, 9.17) is 11.6 Å². The van der Waals surface area contributed by atoms with Gasteiger partial charge in [0.05, 0.1) is 11.5 Å². The molecule has 1 fully saturated rings. The third-order valence-electron chi connectivity index (χ3n) is 4.02. The number of nitrogens with zero attached hydrogens (tertiary/aromatic N) is 3. The molecule has 0 bridgehead atoms. The number of piperazine rings is 1. The number of amides is 1. The Bertz CT molecular complexity index is 589. The highest BCUT2D eigenvalue weighted by atomic mass is 35.5. The Morgan fingerprint density at radius 1 is 1.29 bits per heavy atom.